The SMILES string of the molecule is NC(=O)NC(CC(=O)Nc1cccc(S(N)(=O)=O)c1)c1ccccc1Cl. The zero-order chi connectivity index (χ0) is 19.3. The fourth-order valence-corrected chi connectivity index (χ4v) is 3.14. The van der Waals surface area contributed by atoms with E-state index in [1.54, 1.807) is 24.3 Å². The van der Waals surface area contributed by atoms with E-state index in [4.69, 9.17) is 22.5 Å². The molecule has 10 heteroatoms. The number of carbonyl (C=O) groups is 2. The molecule has 0 aliphatic rings. The minimum absolute atomic E-state index is 0.131. The Hall–Kier alpha value is -2.62. The third-order valence-electron chi connectivity index (χ3n) is 3.43. The van der Waals surface area contributed by atoms with Crippen molar-refractivity contribution in [3.05, 3.63) is 59.1 Å². The molecule has 0 saturated heterocycles. The maximum atomic E-state index is 12.3. The maximum absolute atomic E-state index is 12.3. The van der Waals surface area contributed by atoms with Crippen molar-refractivity contribution in [2.75, 3.05) is 5.32 Å². The summed E-state index contributed by atoms with van der Waals surface area (Å²) in [5.41, 5.74) is 5.95. The van der Waals surface area contributed by atoms with E-state index in [2.05, 4.69) is 10.6 Å². The molecule has 0 radical (unpaired) electrons. The van der Waals surface area contributed by atoms with Gasteiger partial charge in [0.15, 0.2) is 0 Å². The highest BCUT2D eigenvalue weighted by Crippen LogP contribution is 2.25. The van der Waals surface area contributed by atoms with E-state index >= 15 is 0 Å². The lowest BCUT2D eigenvalue weighted by atomic mass is 10.0. The van der Waals surface area contributed by atoms with Gasteiger partial charge in [-0.25, -0.2) is 18.4 Å². The van der Waals surface area contributed by atoms with Crippen LogP contribution in [0.25, 0.3) is 0 Å². The van der Waals surface area contributed by atoms with Crippen LogP contribution in [-0.4, -0.2) is 20.4 Å². The normalized spacial score (nSPS) is 12.2. The Labute approximate surface area is 155 Å². The quantitative estimate of drug-likeness (QED) is 0.589. The Balaban J connectivity index is 2.18. The van der Waals surface area contributed by atoms with Gasteiger partial charge in [-0.05, 0) is 29.8 Å². The van der Waals surface area contributed by atoms with Crippen LogP contribution < -0.4 is 21.5 Å². The van der Waals surface area contributed by atoms with Crippen molar-refractivity contribution >= 4 is 39.2 Å². The van der Waals surface area contributed by atoms with Crippen molar-refractivity contribution in [3.8, 4) is 0 Å². The third kappa shape index (κ3) is 5.45. The van der Waals surface area contributed by atoms with E-state index in [-0.39, 0.29) is 17.0 Å². The highest BCUT2D eigenvalue weighted by molar-refractivity contribution is 7.89. The predicted octanol–water partition coefficient (Wildman–Crippen LogP) is 1.73. The average Bonchev–Trinajstić information content (AvgIpc) is 2.53. The maximum Gasteiger partial charge on any atom is 0.312 e. The summed E-state index contributed by atoms with van der Waals surface area (Å²) >= 11 is 6.11. The lowest BCUT2D eigenvalue weighted by Crippen LogP contribution is -2.35. The van der Waals surface area contributed by atoms with Gasteiger partial charge in [0.25, 0.3) is 0 Å². The molecule has 138 valence electrons. The molecular weight excluding hydrogens is 380 g/mol. The van der Waals surface area contributed by atoms with Crippen molar-refractivity contribution in [1.29, 1.82) is 0 Å². The summed E-state index contributed by atoms with van der Waals surface area (Å²) in [4.78, 5) is 23.4. The van der Waals surface area contributed by atoms with Crippen molar-refractivity contribution in [1.82, 2.24) is 5.32 Å². The van der Waals surface area contributed by atoms with Crippen molar-refractivity contribution < 1.29 is 18.0 Å². The van der Waals surface area contributed by atoms with Gasteiger partial charge in [0.2, 0.25) is 15.9 Å². The number of anilines is 1. The first kappa shape index (κ1) is 19.7. The number of primary amides is 1. The van der Waals surface area contributed by atoms with Gasteiger partial charge < -0.3 is 16.4 Å². The van der Waals surface area contributed by atoms with Gasteiger partial charge in [-0.3, -0.25) is 4.79 Å². The molecule has 8 nitrogen and oxygen atoms in total. The molecule has 6 N–H and O–H groups in total. The molecule has 26 heavy (non-hydrogen) atoms. The fourth-order valence-electron chi connectivity index (χ4n) is 2.32. The lowest BCUT2D eigenvalue weighted by molar-refractivity contribution is -0.116. The zero-order valence-corrected chi connectivity index (χ0v) is 15.0. The van der Waals surface area contributed by atoms with E-state index in [0.29, 0.717) is 10.6 Å². The highest BCUT2D eigenvalue weighted by atomic mass is 35.5. The second-order valence-electron chi connectivity index (χ2n) is 5.41. The number of halogens is 1. The van der Waals surface area contributed by atoms with Gasteiger partial charge in [0, 0.05) is 10.7 Å². The van der Waals surface area contributed by atoms with Crippen LogP contribution in [0, 0.1) is 0 Å². The molecule has 3 amide bonds. The van der Waals surface area contributed by atoms with E-state index in [1.165, 1.54) is 24.3 Å². The molecule has 0 heterocycles. The second kappa shape index (κ2) is 8.17. The summed E-state index contributed by atoms with van der Waals surface area (Å²) in [6, 6.07) is 10.7. The molecule has 1 atom stereocenters. The van der Waals surface area contributed by atoms with Gasteiger partial charge >= 0.3 is 6.03 Å². The largest absolute Gasteiger partial charge is 0.352 e. The fraction of sp³-hybridized carbons (Fsp3) is 0.125. The number of nitrogens with one attached hydrogen (secondary N) is 2. The first-order valence-electron chi connectivity index (χ1n) is 7.40. The third-order valence-corrected chi connectivity index (χ3v) is 4.69. The Bertz CT molecular complexity index is 933. The first-order chi connectivity index (χ1) is 12.2. The van der Waals surface area contributed by atoms with Crippen LogP contribution in [-0.2, 0) is 14.8 Å². The molecule has 0 fully saturated rings. The minimum Gasteiger partial charge on any atom is -0.352 e. The van der Waals surface area contributed by atoms with Crippen LogP contribution in [0.2, 0.25) is 5.02 Å². The molecule has 2 aromatic carbocycles. The van der Waals surface area contributed by atoms with Crippen LogP contribution >= 0.6 is 11.6 Å². The number of urea groups is 1. The van der Waals surface area contributed by atoms with Gasteiger partial charge in [0.1, 0.15) is 0 Å². The van der Waals surface area contributed by atoms with Gasteiger partial charge in [-0.1, -0.05) is 35.9 Å². The van der Waals surface area contributed by atoms with Crippen LogP contribution in [0.1, 0.15) is 18.0 Å². The Morgan fingerprint density at radius 2 is 1.81 bits per heavy atom. The summed E-state index contributed by atoms with van der Waals surface area (Å²) in [6.07, 6.45) is -0.160. The zero-order valence-electron chi connectivity index (χ0n) is 13.5. The number of nitrogens with two attached hydrogens (primary N) is 2. The topological polar surface area (TPSA) is 144 Å². The number of hydrogen-bond acceptors (Lipinski definition) is 4. The summed E-state index contributed by atoms with van der Waals surface area (Å²) in [7, 11) is -3.89. The van der Waals surface area contributed by atoms with Crippen LogP contribution in [0.15, 0.2) is 53.4 Å². The van der Waals surface area contributed by atoms with E-state index in [0.717, 1.165) is 0 Å². The average molecular weight is 397 g/mol. The molecule has 0 aliphatic heterocycles. The van der Waals surface area contributed by atoms with Crippen LogP contribution in [0.5, 0.6) is 0 Å². The monoisotopic (exact) mass is 396 g/mol. The summed E-state index contributed by atoms with van der Waals surface area (Å²) in [5.74, 6) is -0.477. The van der Waals surface area contributed by atoms with Crippen molar-refractivity contribution in [2.24, 2.45) is 10.9 Å². The highest BCUT2D eigenvalue weighted by Gasteiger charge is 2.20. The van der Waals surface area contributed by atoms with Crippen LogP contribution in [0.4, 0.5) is 10.5 Å². The number of carbonyl (C=O) groups excluding carboxylic acids is 2. The van der Waals surface area contributed by atoms with Gasteiger partial charge in [-0.15, -0.1) is 0 Å². The molecule has 2 aromatic rings. The number of sulfonamides is 1. The Morgan fingerprint density at radius 3 is 2.42 bits per heavy atom. The predicted molar refractivity (Wildman–Crippen MR) is 98.0 cm³/mol. The van der Waals surface area contributed by atoms with Crippen LogP contribution in [0.3, 0.4) is 0 Å². The molecule has 0 spiro atoms. The number of rotatable bonds is 6. The molecule has 0 saturated carbocycles. The van der Waals surface area contributed by atoms with E-state index < -0.39 is 28.0 Å². The molecule has 0 aliphatic carbocycles. The van der Waals surface area contributed by atoms with E-state index in [1.807, 2.05) is 0 Å². The minimum atomic E-state index is -3.89. The standard InChI is InChI=1S/C16H17ClN4O4S/c17-13-7-2-1-6-12(13)14(21-16(18)23)9-15(22)20-10-4-3-5-11(8-10)26(19,24)25/h1-8,14H,9H2,(H,20,22)(H3,18,21,23)(H2,19,24,25). The molecule has 0 aromatic heterocycles. The lowest BCUT2D eigenvalue weighted by Gasteiger charge is -2.19. The second-order valence-corrected chi connectivity index (χ2v) is 7.38. The smallest absolute Gasteiger partial charge is 0.312 e. The molecule has 0 bridgehead atoms. The van der Waals surface area contributed by atoms with Gasteiger partial charge in [0.05, 0.1) is 17.4 Å². The molecular formula is C16H17ClN4O4S. The molecule has 2 rings (SSSR count). The van der Waals surface area contributed by atoms with Crippen molar-refractivity contribution in [2.45, 2.75) is 17.4 Å². The number of benzene rings is 2. The summed E-state index contributed by atoms with van der Waals surface area (Å²) in [6.45, 7) is 0. The van der Waals surface area contributed by atoms with Crippen molar-refractivity contribution in [3.63, 3.8) is 0 Å². The van der Waals surface area contributed by atoms with Gasteiger partial charge in [-0.2, -0.15) is 0 Å². The van der Waals surface area contributed by atoms with E-state index in [9.17, 15) is 18.0 Å². The summed E-state index contributed by atoms with van der Waals surface area (Å²) < 4.78 is 22.8. The molecule has 1 unspecified atom stereocenters. The number of hydrogen-bond donors (Lipinski definition) is 4. The Morgan fingerprint density at radius 1 is 1.12 bits per heavy atom. The number of amides is 3. The Kier molecular flexibility index (Phi) is 6.19. The summed E-state index contributed by atoms with van der Waals surface area (Å²) in [5, 5.41) is 10.5. The first-order valence-corrected chi connectivity index (χ1v) is 9.32. The number of primary sulfonamides is 1.